The number of amides is 2. The summed E-state index contributed by atoms with van der Waals surface area (Å²) in [5.41, 5.74) is 5.15. The van der Waals surface area contributed by atoms with Crippen LogP contribution < -0.4 is 5.32 Å². The van der Waals surface area contributed by atoms with Crippen LogP contribution in [0.3, 0.4) is 0 Å². The lowest BCUT2D eigenvalue weighted by atomic mass is 9.95. The second-order valence-electron chi connectivity index (χ2n) is 9.80. The molecule has 0 saturated heterocycles. The topological polar surface area (TPSA) is 40.5 Å². The normalized spacial score (nSPS) is 21.1. The van der Waals surface area contributed by atoms with Gasteiger partial charge in [-0.25, -0.2) is 4.79 Å². The maximum atomic E-state index is 13.9. The summed E-state index contributed by atoms with van der Waals surface area (Å²) in [4.78, 5) is 19.8. The summed E-state index contributed by atoms with van der Waals surface area (Å²) in [5.74, 6) is 0. The molecule has 6 heteroatoms. The van der Waals surface area contributed by atoms with Crippen molar-refractivity contribution >= 4 is 17.4 Å². The van der Waals surface area contributed by atoms with Gasteiger partial charge in [0.05, 0.1) is 18.3 Å². The number of nitrogens with zero attached hydrogens (tertiary/aromatic N) is 3. The number of thiophene rings is 1. The molecule has 0 unspecified atom stereocenters. The second kappa shape index (κ2) is 8.65. The minimum absolute atomic E-state index is 0.0734. The molecule has 6 rings (SSSR count). The Bertz CT molecular complexity index is 1140. The van der Waals surface area contributed by atoms with Crippen LogP contribution in [0, 0.1) is 0 Å². The van der Waals surface area contributed by atoms with E-state index >= 15 is 0 Å². The number of urea groups is 1. The summed E-state index contributed by atoms with van der Waals surface area (Å²) in [6.45, 7) is 2.73. The number of carbonyl (C=O) groups is 1. The van der Waals surface area contributed by atoms with Crippen molar-refractivity contribution in [2.45, 2.75) is 63.7 Å². The Labute approximate surface area is 200 Å². The van der Waals surface area contributed by atoms with Crippen LogP contribution in [0.25, 0.3) is 5.00 Å². The fourth-order valence-electron chi connectivity index (χ4n) is 5.84. The Balaban J connectivity index is 1.46. The van der Waals surface area contributed by atoms with Gasteiger partial charge in [-0.2, -0.15) is 0 Å². The highest BCUT2D eigenvalue weighted by Gasteiger charge is 2.36. The zero-order valence-corrected chi connectivity index (χ0v) is 20.1. The predicted molar refractivity (Wildman–Crippen MR) is 133 cm³/mol. The van der Waals surface area contributed by atoms with E-state index in [1.807, 2.05) is 11.3 Å². The summed E-state index contributed by atoms with van der Waals surface area (Å²) in [5, 5.41) is 4.72. The predicted octanol–water partition coefficient (Wildman–Crippen LogP) is 5.47. The monoisotopic (exact) mass is 460 g/mol. The average Bonchev–Trinajstić information content (AvgIpc) is 3.41. The molecule has 0 bridgehead atoms. The Morgan fingerprint density at radius 3 is 2.64 bits per heavy atom. The molecule has 33 heavy (non-hydrogen) atoms. The first-order valence-corrected chi connectivity index (χ1v) is 13.1. The van der Waals surface area contributed by atoms with E-state index in [1.54, 1.807) is 0 Å². The Morgan fingerprint density at radius 1 is 1.00 bits per heavy atom. The van der Waals surface area contributed by atoms with Crippen molar-refractivity contribution in [2.75, 3.05) is 13.6 Å². The van der Waals surface area contributed by atoms with Crippen LogP contribution in [0.2, 0.25) is 0 Å². The maximum absolute atomic E-state index is 13.9. The van der Waals surface area contributed by atoms with E-state index in [4.69, 9.17) is 0 Å². The Hall–Kier alpha value is -2.57. The van der Waals surface area contributed by atoms with E-state index in [-0.39, 0.29) is 12.1 Å². The number of hydrogen-bond donors (Lipinski definition) is 1. The molecular formula is C27H32N4OS. The molecule has 2 aliphatic heterocycles. The number of benzene rings is 1. The van der Waals surface area contributed by atoms with Crippen LogP contribution in [0.1, 0.15) is 65.4 Å². The highest BCUT2D eigenvalue weighted by Crippen LogP contribution is 2.43. The lowest BCUT2D eigenvalue weighted by Crippen LogP contribution is -2.46. The van der Waals surface area contributed by atoms with E-state index in [0.29, 0.717) is 12.6 Å². The highest BCUT2D eigenvalue weighted by molar-refractivity contribution is 7.15. The molecule has 3 aromatic rings. The first-order chi connectivity index (χ1) is 16.2. The Morgan fingerprint density at radius 2 is 1.82 bits per heavy atom. The molecule has 4 heterocycles. The van der Waals surface area contributed by atoms with Crippen LogP contribution in [-0.4, -0.2) is 40.0 Å². The van der Waals surface area contributed by atoms with Crippen molar-refractivity contribution in [3.05, 3.63) is 75.9 Å². The summed E-state index contributed by atoms with van der Waals surface area (Å²) in [6, 6.07) is 15.1. The van der Waals surface area contributed by atoms with Crippen LogP contribution in [0.15, 0.2) is 48.7 Å². The molecule has 1 fully saturated rings. The number of fused-ring (bicyclic) bond motifs is 5. The van der Waals surface area contributed by atoms with Crippen molar-refractivity contribution in [1.82, 2.24) is 19.7 Å². The van der Waals surface area contributed by atoms with Crippen LogP contribution in [-0.2, 0) is 19.5 Å². The molecule has 1 aliphatic carbocycles. The van der Waals surface area contributed by atoms with Crippen molar-refractivity contribution in [3.8, 4) is 5.00 Å². The third kappa shape index (κ3) is 3.79. The van der Waals surface area contributed by atoms with E-state index in [2.05, 4.69) is 75.4 Å². The molecule has 3 aliphatic rings. The summed E-state index contributed by atoms with van der Waals surface area (Å²) in [6.07, 6.45) is 9.14. The van der Waals surface area contributed by atoms with Gasteiger partial charge in [0.2, 0.25) is 0 Å². The molecule has 2 aromatic heterocycles. The van der Waals surface area contributed by atoms with Crippen LogP contribution >= 0.6 is 11.3 Å². The number of hydrogen-bond acceptors (Lipinski definition) is 3. The molecule has 0 spiro atoms. The second-order valence-corrected chi connectivity index (χ2v) is 10.9. The molecule has 1 saturated carbocycles. The van der Waals surface area contributed by atoms with Crippen molar-refractivity contribution in [2.24, 2.45) is 0 Å². The zero-order chi connectivity index (χ0) is 22.4. The summed E-state index contributed by atoms with van der Waals surface area (Å²) in [7, 11) is 2.20. The van der Waals surface area contributed by atoms with Crippen LogP contribution in [0.4, 0.5) is 4.79 Å². The third-order valence-electron chi connectivity index (χ3n) is 7.56. The van der Waals surface area contributed by atoms with Crippen molar-refractivity contribution in [3.63, 3.8) is 0 Å². The van der Waals surface area contributed by atoms with Gasteiger partial charge in [-0.3, -0.25) is 0 Å². The van der Waals surface area contributed by atoms with E-state index in [9.17, 15) is 4.79 Å². The largest absolute Gasteiger partial charge is 0.335 e. The smallest absolute Gasteiger partial charge is 0.318 e. The number of carbonyl (C=O) groups excluding carboxylic acids is 1. The standard InChI is InChI=1S/C27H32N4OS/c1-29-16-14-21-22-17-31(27(32)28-20-11-6-3-7-12-20)25(19-9-4-2-5-10-19)23-13-8-15-30(23)26(22)33-24(21)18-29/h2,4-5,8-10,13,15,20,25H,3,6-7,11-12,14,16-18H2,1H3,(H,28,32)/t25-/m0/s1. The van der Waals surface area contributed by atoms with Gasteiger partial charge in [-0.05, 0) is 49.6 Å². The number of nitrogens with one attached hydrogen (secondary N) is 1. The number of aromatic nitrogens is 1. The minimum Gasteiger partial charge on any atom is -0.335 e. The highest BCUT2D eigenvalue weighted by atomic mass is 32.1. The van der Waals surface area contributed by atoms with Gasteiger partial charge in [0.25, 0.3) is 0 Å². The van der Waals surface area contributed by atoms with Gasteiger partial charge in [-0.1, -0.05) is 49.6 Å². The molecule has 172 valence electrons. The van der Waals surface area contributed by atoms with Crippen LogP contribution in [0.5, 0.6) is 0 Å². The number of likely N-dealkylation sites (N-methyl/N-ethyl adjacent to an activating group) is 1. The summed E-state index contributed by atoms with van der Waals surface area (Å²) < 4.78 is 2.35. The van der Waals surface area contributed by atoms with Gasteiger partial charge < -0.3 is 19.7 Å². The number of rotatable bonds is 2. The van der Waals surface area contributed by atoms with E-state index < -0.39 is 0 Å². The first kappa shape index (κ1) is 21.0. The fourth-order valence-corrected chi connectivity index (χ4v) is 7.28. The molecule has 1 aromatic carbocycles. The molecule has 0 radical (unpaired) electrons. The van der Waals surface area contributed by atoms with E-state index in [0.717, 1.165) is 32.4 Å². The van der Waals surface area contributed by atoms with Gasteiger partial charge in [0.15, 0.2) is 0 Å². The maximum Gasteiger partial charge on any atom is 0.318 e. The van der Waals surface area contributed by atoms with Crippen molar-refractivity contribution < 1.29 is 4.79 Å². The average molecular weight is 461 g/mol. The molecule has 1 N–H and O–H groups in total. The van der Waals surface area contributed by atoms with Crippen molar-refractivity contribution in [1.29, 1.82) is 0 Å². The molecule has 5 nitrogen and oxygen atoms in total. The van der Waals surface area contributed by atoms with Gasteiger partial charge >= 0.3 is 6.03 Å². The summed E-state index contributed by atoms with van der Waals surface area (Å²) >= 11 is 1.91. The molecular weight excluding hydrogens is 428 g/mol. The lowest BCUT2D eigenvalue weighted by molar-refractivity contribution is 0.173. The molecule has 1 atom stereocenters. The van der Waals surface area contributed by atoms with E-state index in [1.165, 1.54) is 51.5 Å². The minimum atomic E-state index is -0.105. The fraction of sp³-hybridized carbons (Fsp3) is 0.444. The molecule has 2 amide bonds. The zero-order valence-electron chi connectivity index (χ0n) is 19.3. The van der Waals surface area contributed by atoms with Gasteiger partial charge in [0.1, 0.15) is 5.00 Å². The van der Waals surface area contributed by atoms with Gasteiger partial charge in [0, 0.05) is 35.8 Å². The Kier molecular flexibility index (Phi) is 5.51. The van der Waals surface area contributed by atoms with Gasteiger partial charge in [-0.15, -0.1) is 11.3 Å². The first-order valence-electron chi connectivity index (χ1n) is 12.3. The quantitative estimate of drug-likeness (QED) is 0.551. The SMILES string of the molecule is CN1CCc2c(sc3c2CN(C(=O)NC2CCCCC2)[C@@H](c2ccccc2)c2cccn2-3)C1. The third-order valence-corrected chi connectivity index (χ3v) is 8.82. The lowest BCUT2D eigenvalue weighted by Gasteiger charge is -2.34.